The molecule has 1 aromatic rings. The minimum absolute atomic E-state index is 0.365. The average Bonchev–Trinajstić information content (AvgIpc) is 2.45. The van der Waals surface area contributed by atoms with Crippen LogP contribution in [0.3, 0.4) is 0 Å². The quantitative estimate of drug-likeness (QED) is 0.811. The lowest BCUT2D eigenvalue weighted by atomic mass is 10.1. The molecule has 0 radical (unpaired) electrons. The molecule has 1 unspecified atom stereocenters. The fraction of sp³-hybridized carbons (Fsp3) is 0.500. The number of rotatable bonds is 7. The Labute approximate surface area is 126 Å². The molecule has 0 saturated heterocycles. The van der Waals surface area contributed by atoms with Crippen molar-refractivity contribution in [2.45, 2.75) is 46.1 Å². The van der Waals surface area contributed by atoms with E-state index < -0.39 is 12.0 Å². The smallest absolute Gasteiger partial charge is 0.326 e. The molecular formula is C16H24N2O3. The normalized spacial score (nSPS) is 11.8. The highest BCUT2D eigenvalue weighted by Crippen LogP contribution is 2.19. The number of anilines is 1. The monoisotopic (exact) mass is 292 g/mol. The van der Waals surface area contributed by atoms with Gasteiger partial charge in [-0.25, -0.2) is 9.59 Å². The molecule has 1 rings (SSSR count). The number of hydrogen-bond acceptors (Lipinski definition) is 2. The van der Waals surface area contributed by atoms with Crippen molar-refractivity contribution in [3.8, 4) is 0 Å². The van der Waals surface area contributed by atoms with Gasteiger partial charge in [0.05, 0.1) is 0 Å². The van der Waals surface area contributed by atoms with E-state index >= 15 is 0 Å². The molecule has 2 N–H and O–H groups in total. The summed E-state index contributed by atoms with van der Waals surface area (Å²) in [6.07, 6.45) is 2.12. The molecule has 0 aliphatic heterocycles. The summed E-state index contributed by atoms with van der Waals surface area (Å²) < 4.78 is 0. The Bertz CT molecular complexity index is 488. The van der Waals surface area contributed by atoms with E-state index in [1.807, 2.05) is 45.0 Å². The maximum absolute atomic E-state index is 12.4. The van der Waals surface area contributed by atoms with Crippen LogP contribution in [0.1, 0.15) is 38.7 Å². The molecule has 21 heavy (non-hydrogen) atoms. The lowest BCUT2D eigenvalue weighted by molar-refractivity contribution is -0.139. The Morgan fingerprint density at radius 3 is 2.48 bits per heavy atom. The molecule has 116 valence electrons. The zero-order chi connectivity index (χ0) is 15.8. The summed E-state index contributed by atoms with van der Waals surface area (Å²) in [6, 6.07) is 6.36. The number of carbonyl (C=O) groups is 2. The van der Waals surface area contributed by atoms with Crippen LogP contribution in [-0.2, 0) is 4.79 Å². The van der Waals surface area contributed by atoms with Crippen LogP contribution < -0.4 is 10.2 Å². The van der Waals surface area contributed by atoms with Gasteiger partial charge in [-0.1, -0.05) is 38.0 Å². The van der Waals surface area contributed by atoms with Crippen LogP contribution in [0.5, 0.6) is 0 Å². The first-order chi connectivity index (χ1) is 10.0. The summed E-state index contributed by atoms with van der Waals surface area (Å²) >= 11 is 0. The fourth-order valence-corrected chi connectivity index (χ4v) is 2.18. The second-order valence-corrected chi connectivity index (χ2v) is 5.01. The second kappa shape index (κ2) is 8.29. The van der Waals surface area contributed by atoms with E-state index in [9.17, 15) is 14.7 Å². The van der Waals surface area contributed by atoms with E-state index in [4.69, 9.17) is 0 Å². The minimum Gasteiger partial charge on any atom is -0.480 e. The SMILES string of the molecule is CCCCC(NC(=O)N(CC)c1ccccc1C)C(=O)O. The van der Waals surface area contributed by atoms with Gasteiger partial charge in [-0.3, -0.25) is 4.90 Å². The number of urea groups is 1. The number of carboxylic acid groups (broad SMARTS) is 1. The van der Waals surface area contributed by atoms with Gasteiger partial charge in [-0.05, 0) is 31.9 Å². The molecule has 1 aromatic carbocycles. The second-order valence-electron chi connectivity index (χ2n) is 5.01. The Hall–Kier alpha value is -2.04. The van der Waals surface area contributed by atoms with Crippen molar-refractivity contribution >= 4 is 17.7 Å². The summed E-state index contributed by atoms with van der Waals surface area (Å²) in [4.78, 5) is 25.1. The predicted octanol–water partition coefficient (Wildman–Crippen LogP) is 3.17. The third-order valence-corrected chi connectivity index (χ3v) is 3.41. The maximum Gasteiger partial charge on any atom is 0.326 e. The summed E-state index contributed by atoms with van der Waals surface area (Å²) in [5.41, 5.74) is 1.78. The van der Waals surface area contributed by atoms with Crippen molar-refractivity contribution in [3.63, 3.8) is 0 Å². The summed E-state index contributed by atoms with van der Waals surface area (Å²) in [7, 11) is 0. The first-order valence-electron chi connectivity index (χ1n) is 7.37. The average molecular weight is 292 g/mol. The summed E-state index contributed by atoms with van der Waals surface area (Å²) in [5, 5.41) is 11.8. The van der Waals surface area contributed by atoms with Crippen molar-refractivity contribution in [2.24, 2.45) is 0 Å². The van der Waals surface area contributed by atoms with E-state index in [0.717, 1.165) is 24.1 Å². The maximum atomic E-state index is 12.4. The first-order valence-corrected chi connectivity index (χ1v) is 7.37. The molecule has 0 saturated carbocycles. The lowest BCUT2D eigenvalue weighted by Crippen LogP contribution is -2.48. The third kappa shape index (κ3) is 4.77. The van der Waals surface area contributed by atoms with Gasteiger partial charge in [0.25, 0.3) is 0 Å². The van der Waals surface area contributed by atoms with E-state index in [2.05, 4.69) is 5.32 Å². The van der Waals surface area contributed by atoms with E-state index in [1.54, 1.807) is 4.90 Å². The van der Waals surface area contributed by atoms with E-state index in [0.29, 0.717) is 13.0 Å². The summed E-state index contributed by atoms with van der Waals surface area (Å²) in [5.74, 6) is -0.988. The molecule has 0 heterocycles. The van der Waals surface area contributed by atoms with Crippen molar-refractivity contribution < 1.29 is 14.7 Å². The Balaban J connectivity index is 2.83. The number of aryl methyl sites for hydroxylation is 1. The molecule has 0 aromatic heterocycles. The molecule has 0 fully saturated rings. The van der Waals surface area contributed by atoms with Crippen molar-refractivity contribution in [1.82, 2.24) is 5.32 Å². The number of nitrogens with one attached hydrogen (secondary N) is 1. The number of nitrogens with zero attached hydrogens (tertiary/aromatic N) is 1. The Morgan fingerprint density at radius 1 is 1.29 bits per heavy atom. The highest BCUT2D eigenvalue weighted by Gasteiger charge is 2.23. The molecular weight excluding hydrogens is 268 g/mol. The number of carbonyl (C=O) groups excluding carboxylic acids is 1. The van der Waals surface area contributed by atoms with Gasteiger partial charge in [0.15, 0.2) is 0 Å². The molecule has 1 atom stereocenters. The van der Waals surface area contributed by atoms with Crippen LogP contribution in [0, 0.1) is 6.92 Å². The highest BCUT2D eigenvalue weighted by atomic mass is 16.4. The number of unbranched alkanes of at least 4 members (excludes halogenated alkanes) is 1. The number of aliphatic carboxylic acids is 1. The lowest BCUT2D eigenvalue weighted by Gasteiger charge is -2.25. The zero-order valence-electron chi connectivity index (χ0n) is 12.9. The molecule has 2 amide bonds. The van der Waals surface area contributed by atoms with Crippen molar-refractivity contribution in [3.05, 3.63) is 29.8 Å². The topological polar surface area (TPSA) is 69.6 Å². The largest absolute Gasteiger partial charge is 0.480 e. The Morgan fingerprint density at radius 2 is 1.95 bits per heavy atom. The van der Waals surface area contributed by atoms with Gasteiger partial charge in [-0.15, -0.1) is 0 Å². The van der Waals surface area contributed by atoms with Crippen LogP contribution in [0.2, 0.25) is 0 Å². The molecule has 0 aliphatic carbocycles. The van der Waals surface area contributed by atoms with Crippen LogP contribution in [0.15, 0.2) is 24.3 Å². The van der Waals surface area contributed by atoms with Crippen LogP contribution in [-0.4, -0.2) is 29.7 Å². The molecule has 0 spiro atoms. The third-order valence-electron chi connectivity index (χ3n) is 3.41. The number of hydrogen-bond donors (Lipinski definition) is 2. The fourth-order valence-electron chi connectivity index (χ4n) is 2.18. The summed E-state index contributed by atoms with van der Waals surface area (Å²) in [6.45, 7) is 6.27. The number of para-hydroxylation sites is 1. The van der Waals surface area contributed by atoms with Gasteiger partial charge in [0, 0.05) is 12.2 Å². The molecule has 0 aliphatic rings. The number of amides is 2. The van der Waals surface area contributed by atoms with E-state index in [1.165, 1.54) is 0 Å². The first kappa shape index (κ1) is 17.0. The van der Waals surface area contributed by atoms with Gasteiger partial charge in [-0.2, -0.15) is 0 Å². The van der Waals surface area contributed by atoms with Crippen molar-refractivity contribution in [2.75, 3.05) is 11.4 Å². The van der Waals surface area contributed by atoms with Gasteiger partial charge >= 0.3 is 12.0 Å². The minimum atomic E-state index is -0.988. The van der Waals surface area contributed by atoms with Crippen LogP contribution in [0.4, 0.5) is 10.5 Å². The number of benzene rings is 1. The highest BCUT2D eigenvalue weighted by molar-refractivity contribution is 5.95. The zero-order valence-corrected chi connectivity index (χ0v) is 12.9. The molecule has 5 nitrogen and oxygen atoms in total. The van der Waals surface area contributed by atoms with Crippen LogP contribution in [0.25, 0.3) is 0 Å². The number of carboxylic acids is 1. The Kier molecular flexibility index (Phi) is 6.72. The van der Waals surface area contributed by atoms with Crippen molar-refractivity contribution in [1.29, 1.82) is 0 Å². The molecule has 0 bridgehead atoms. The molecule has 5 heteroatoms. The van der Waals surface area contributed by atoms with E-state index in [-0.39, 0.29) is 6.03 Å². The van der Waals surface area contributed by atoms with Gasteiger partial charge in [0.1, 0.15) is 6.04 Å². The van der Waals surface area contributed by atoms with Gasteiger partial charge < -0.3 is 10.4 Å². The standard InChI is InChI=1S/C16H24N2O3/c1-4-6-10-13(15(19)20)17-16(21)18(5-2)14-11-8-7-9-12(14)3/h7-9,11,13H,4-6,10H2,1-3H3,(H,17,21)(H,19,20). The van der Waals surface area contributed by atoms with Crippen LogP contribution >= 0.6 is 0 Å². The van der Waals surface area contributed by atoms with Gasteiger partial charge in [0.2, 0.25) is 0 Å². The predicted molar refractivity (Wildman–Crippen MR) is 83.7 cm³/mol.